The Hall–Kier alpha value is -3.25. The number of hydrogen-bond acceptors (Lipinski definition) is 4. The lowest BCUT2D eigenvalue weighted by atomic mass is 10.1. The first-order valence-corrected chi connectivity index (χ1v) is 10.4. The monoisotopic (exact) mass is 461 g/mol. The van der Waals surface area contributed by atoms with Crippen LogP contribution in [0.3, 0.4) is 0 Å². The number of amides is 1. The molecule has 1 N–H and O–H groups in total. The Bertz CT molecular complexity index is 1210. The van der Waals surface area contributed by atoms with E-state index >= 15 is 0 Å². The van der Waals surface area contributed by atoms with Crippen LogP contribution in [-0.4, -0.2) is 15.9 Å². The second-order valence-electron chi connectivity index (χ2n) is 6.91. The number of halogens is 1. The highest BCUT2D eigenvalue weighted by atomic mass is 79.9. The van der Waals surface area contributed by atoms with E-state index in [9.17, 15) is 4.79 Å². The predicted molar refractivity (Wildman–Crippen MR) is 122 cm³/mol. The van der Waals surface area contributed by atoms with Gasteiger partial charge in [0.05, 0.1) is 16.7 Å². The number of para-hydroxylation sites is 2. The van der Waals surface area contributed by atoms with Gasteiger partial charge in [0.25, 0.3) is 0 Å². The average Bonchev–Trinajstić information content (AvgIpc) is 2.75. The number of aromatic nitrogens is 2. The number of hydrogen-bond donors (Lipinski definition) is 1. The van der Waals surface area contributed by atoms with Crippen LogP contribution < -0.4 is 10.1 Å². The molecule has 1 heterocycles. The molecule has 0 radical (unpaired) electrons. The highest BCUT2D eigenvalue weighted by molar-refractivity contribution is 9.10. The number of carbonyl (C=O) groups excluding carboxylic acids is 1. The Labute approximate surface area is 183 Å². The largest absolute Gasteiger partial charge is 0.468 e. The molecule has 30 heavy (non-hydrogen) atoms. The van der Waals surface area contributed by atoms with Crippen LogP contribution in [0, 0.1) is 0 Å². The standard InChI is InChI=1S/C24H20BrN3O2/c1-15(17-8-4-3-5-9-17)30-24-23(27-21-10-6-7-11-22(21)28-24)19-14-18(25)12-13-20(19)26-16(2)29/h3-15H,1-2H3,(H,26,29)/t15-/m1/s1. The SMILES string of the molecule is CC(=O)Nc1ccc(Br)cc1-c1nc2ccccc2nc1O[C@H](C)c1ccccc1. The van der Waals surface area contributed by atoms with Crippen molar-refractivity contribution in [1.29, 1.82) is 0 Å². The third kappa shape index (κ3) is 4.33. The molecule has 3 aromatic carbocycles. The fourth-order valence-electron chi connectivity index (χ4n) is 3.21. The minimum absolute atomic E-state index is 0.160. The van der Waals surface area contributed by atoms with Crippen molar-refractivity contribution in [2.24, 2.45) is 0 Å². The highest BCUT2D eigenvalue weighted by Crippen LogP contribution is 2.37. The molecule has 4 rings (SSSR count). The normalized spacial score (nSPS) is 11.8. The Balaban J connectivity index is 1.87. The number of fused-ring (bicyclic) bond motifs is 1. The highest BCUT2D eigenvalue weighted by Gasteiger charge is 2.19. The Kier molecular flexibility index (Phi) is 5.77. The van der Waals surface area contributed by atoms with Crippen LogP contribution in [0.25, 0.3) is 22.3 Å². The molecule has 1 aromatic heterocycles. The first kappa shape index (κ1) is 20.0. The molecule has 150 valence electrons. The van der Waals surface area contributed by atoms with Crippen LogP contribution in [-0.2, 0) is 4.79 Å². The van der Waals surface area contributed by atoms with E-state index in [4.69, 9.17) is 14.7 Å². The van der Waals surface area contributed by atoms with Crippen molar-refractivity contribution in [2.45, 2.75) is 20.0 Å². The van der Waals surface area contributed by atoms with Gasteiger partial charge in [-0.25, -0.2) is 9.97 Å². The Morgan fingerprint density at radius 1 is 0.967 bits per heavy atom. The van der Waals surface area contributed by atoms with Gasteiger partial charge in [-0.05, 0) is 42.8 Å². The van der Waals surface area contributed by atoms with Gasteiger partial charge >= 0.3 is 0 Å². The maximum Gasteiger partial charge on any atom is 0.241 e. The van der Waals surface area contributed by atoms with E-state index in [1.165, 1.54) is 6.92 Å². The lowest BCUT2D eigenvalue weighted by Gasteiger charge is -2.18. The summed E-state index contributed by atoms with van der Waals surface area (Å²) in [6, 6.07) is 23.2. The molecule has 5 nitrogen and oxygen atoms in total. The van der Waals surface area contributed by atoms with Crippen LogP contribution >= 0.6 is 15.9 Å². The molecule has 1 atom stereocenters. The van der Waals surface area contributed by atoms with Crippen molar-refractivity contribution < 1.29 is 9.53 Å². The van der Waals surface area contributed by atoms with Crippen molar-refractivity contribution >= 4 is 38.6 Å². The number of carbonyl (C=O) groups is 1. The molecule has 4 aromatic rings. The third-order valence-electron chi connectivity index (χ3n) is 4.64. The topological polar surface area (TPSA) is 64.1 Å². The zero-order valence-electron chi connectivity index (χ0n) is 16.6. The molecule has 0 saturated heterocycles. The molecule has 0 fully saturated rings. The van der Waals surface area contributed by atoms with E-state index in [-0.39, 0.29) is 12.0 Å². The van der Waals surface area contributed by atoms with Gasteiger partial charge in [-0.1, -0.05) is 58.4 Å². The predicted octanol–water partition coefficient (Wildman–Crippen LogP) is 6.16. The lowest BCUT2D eigenvalue weighted by Crippen LogP contribution is -2.09. The molecule has 0 spiro atoms. The van der Waals surface area contributed by atoms with Gasteiger partial charge in [0.1, 0.15) is 11.8 Å². The molecular formula is C24H20BrN3O2. The molecule has 0 saturated carbocycles. The Morgan fingerprint density at radius 2 is 1.63 bits per heavy atom. The molecule has 0 aliphatic rings. The first-order valence-electron chi connectivity index (χ1n) is 9.57. The van der Waals surface area contributed by atoms with Crippen molar-refractivity contribution in [3.63, 3.8) is 0 Å². The summed E-state index contributed by atoms with van der Waals surface area (Å²) < 4.78 is 7.16. The summed E-state index contributed by atoms with van der Waals surface area (Å²) in [7, 11) is 0. The second-order valence-corrected chi connectivity index (χ2v) is 7.82. The maximum absolute atomic E-state index is 11.8. The summed E-state index contributed by atoms with van der Waals surface area (Å²) in [5.41, 5.74) is 4.48. The van der Waals surface area contributed by atoms with E-state index in [0.717, 1.165) is 26.6 Å². The quantitative estimate of drug-likeness (QED) is 0.386. The fourth-order valence-corrected chi connectivity index (χ4v) is 3.57. The van der Waals surface area contributed by atoms with Gasteiger partial charge in [-0.3, -0.25) is 4.79 Å². The molecule has 6 heteroatoms. The Morgan fingerprint density at radius 3 is 2.33 bits per heavy atom. The number of ether oxygens (including phenoxy) is 1. The van der Waals surface area contributed by atoms with Gasteiger partial charge in [0.15, 0.2) is 0 Å². The lowest BCUT2D eigenvalue weighted by molar-refractivity contribution is -0.114. The molecule has 0 aliphatic heterocycles. The first-order chi connectivity index (χ1) is 14.5. The molecule has 1 amide bonds. The summed E-state index contributed by atoms with van der Waals surface area (Å²) in [4.78, 5) is 21.3. The van der Waals surface area contributed by atoms with Crippen molar-refractivity contribution in [3.8, 4) is 17.1 Å². The summed E-state index contributed by atoms with van der Waals surface area (Å²) >= 11 is 3.52. The number of anilines is 1. The number of nitrogens with zero attached hydrogens (tertiary/aromatic N) is 2. The van der Waals surface area contributed by atoms with Crippen LogP contribution in [0.4, 0.5) is 5.69 Å². The summed E-state index contributed by atoms with van der Waals surface area (Å²) in [5, 5.41) is 2.88. The zero-order valence-corrected chi connectivity index (χ0v) is 18.2. The summed E-state index contributed by atoms with van der Waals surface area (Å²) in [6.45, 7) is 3.46. The van der Waals surface area contributed by atoms with E-state index < -0.39 is 0 Å². The van der Waals surface area contributed by atoms with E-state index in [2.05, 4.69) is 21.2 Å². The number of nitrogens with one attached hydrogen (secondary N) is 1. The van der Waals surface area contributed by atoms with E-state index in [1.807, 2.05) is 79.7 Å². The van der Waals surface area contributed by atoms with Crippen LogP contribution in [0.1, 0.15) is 25.5 Å². The van der Waals surface area contributed by atoms with Crippen LogP contribution in [0.15, 0.2) is 77.3 Å². The van der Waals surface area contributed by atoms with Crippen molar-refractivity contribution in [1.82, 2.24) is 9.97 Å². The van der Waals surface area contributed by atoms with Gasteiger partial charge in [0.2, 0.25) is 11.8 Å². The van der Waals surface area contributed by atoms with Crippen LogP contribution in [0.5, 0.6) is 5.88 Å². The summed E-state index contributed by atoms with van der Waals surface area (Å²) in [5.74, 6) is 0.252. The molecule has 0 bridgehead atoms. The van der Waals surface area contributed by atoms with Gasteiger partial charge < -0.3 is 10.1 Å². The maximum atomic E-state index is 11.8. The smallest absolute Gasteiger partial charge is 0.241 e. The third-order valence-corrected chi connectivity index (χ3v) is 5.14. The van der Waals surface area contributed by atoms with Gasteiger partial charge in [0, 0.05) is 17.0 Å². The number of rotatable bonds is 5. The van der Waals surface area contributed by atoms with E-state index in [1.54, 1.807) is 0 Å². The average molecular weight is 462 g/mol. The fraction of sp³-hybridized carbons (Fsp3) is 0.125. The van der Waals surface area contributed by atoms with Crippen molar-refractivity contribution in [3.05, 3.63) is 82.8 Å². The molecular weight excluding hydrogens is 442 g/mol. The van der Waals surface area contributed by atoms with Crippen LogP contribution in [0.2, 0.25) is 0 Å². The van der Waals surface area contributed by atoms with Gasteiger partial charge in [-0.15, -0.1) is 0 Å². The van der Waals surface area contributed by atoms with Crippen molar-refractivity contribution in [2.75, 3.05) is 5.32 Å². The van der Waals surface area contributed by atoms with Gasteiger partial charge in [-0.2, -0.15) is 0 Å². The second kappa shape index (κ2) is 8.63. The number of benzene rings is 3. The molecule has 0 aliphatic carbocycles. The zero-order chi connectivity index (χ0) is 21.1. The summed E-state index contributed by atoms with van der Waals surface area (Å²) in [6.07, 6.45) is -0.225. The minimum Gasteiger partial charge on any atom is -0.468 e. The van der Waals surface area contributed by atoms with E-state index in [0.29, 0.717) is 17.3 Å². The minimum atomic E-state index is -0.225. The molecule has 0 unspecified atom stereocenters.